The molecule has 4 rings (SSSR count). The minimum Gasteiger partial charge on any atom is -0.358 e. The second-order valence-electron chi connectivity index (χ2n) is 7.53. The molecule has 1 atom stereocenters. The van der Waals surface area contributed by atoms with Gasteiger partial charge >= 0.3 is 18.1 Å². The molecule has 0 radical (unpaired) electrons. The smallest absolute Gasteiger partial charge is 0.358 e. The molecule has 2 aromatic heterocycles. The zero-order valence-electron chi connectivity index (χ0n) is 18.0. The van der Waals surface area contributed by atoms with Crippen LogP contribution in [-0.2, 0) is 17.5 Å². The number of aryl methyl sites for hydroxylation is 1. The van der Waals surface area contributed by atoms with Crippen molar-refractivity contribution in [2.75, 3.05) is 0 Å². The van der Waals surface area contributed by atoms with E-state index < -0.39 is 42.2 Å². The lowest BCUT2D eigenvalue weighted by Crippen LogP contribution is -2.23. The standard InChI is InChI=1S/C22H14F7N3O3S/c1-10-16(36-19(30-10)12-3-5-13(6-4-12)21(24,25)26)17(22(27,28)29)34-9-11-2-7-14(15(23)8-11)18-31-20(33)35-32-18/h2-8,17H,9H2,1H3,(H,31,32,33). The molecule has 0 bridgehead atoms. The molecule has 36 heavy (non-hydrogen) atoms. The number of nitrogens with zero attached hydrogens (tertiary/aromatic N) is 2. The van der Waals surface area contributed by atoms with E-state index in [1.165, 1.54) is 19.1 Å². The largest absolute Gasteiger partial charge is 0.439 e. The highest BCUT2D eigenvalue weighted by atomic mass is 32.1. The Morgan fingerprint density at radius 2 is 1.78 bits per heavy atom. The molecule has 1 unspecified atom stereocenters. The van der Waals surface area contributed by atoms with Gasteiger partial charge in [-0.2, -0.15) is 26.3 Å². The molecule has 0 fully saturated rings. The van der Waals surface area contributed by atoms with Crippen LogP contribution in [0.2, 0.25) is 0 Å². The summed E-state index contributed by atoms with van der Waals surface area (Å²) in [4.78, 5) is 17.0. The predicted molar refractivity (Wildman–Crippen MR) is 113 cm³/mol. The number of benzene rings is 2. The fraction of sp³-hybridized carbons (Fsp3) is 0.227. The van der Waals surface area contributed by atoms with Crippen LogP contribution in [0.15, 0.2) is 51.8 Å². The van der Waals surface area contributed by atoms with Gasteiger partial charge in [0.1, 0.15) is 10.8 Å². The van der Waals surface area contributed by atoms with Crippen LogP contribution in [0, 0.1) is 12.7 Å². The molecule has 0 aliphatic rings. The maximum atomic E-state index is 14.4. The van der Waals surface area contributed by atoms with E-state index in [2.05, 4.69) is 19.6 Å². The van der Waals surface area contributed by atoms with Gasteiger partial charge in [-0.3, -0.25) is 9.51 Å². The highest BCUT2D eigenvalue weighted by Gasteiger charge is 2.44. The summed E-state index contributed by atoms with van der Waals surface area (Å²) in [5.41, 5.74) is -0.747. The number of aromatic nitrogens is 3. The number of halogens is 7. The van der Waals surface area contributed by atoms with Crippen molar-refractivity contribution in [1.29, 1.82) is 0 Å². The first-order valence-corrected chi connectivity index (χ1v) is 10.8. The third-order valence-corrected chi connectivity index (χ3v) is 6.22. The van der Waals surface area contributed by atoms with Crippen molar-refractivity contribution in [1.82, 2.24) is 15.1 Å². The first-order chi connectivity index (χ1) is 16.8. The minimum atomic E-state index is -4.85. The molecule has 2 heterocycles. The first kappa shape index (κ1) is 25.6. The summed E-state index contributed by atoms with van der Waals surface area (Å²) in [6.07, 6.45) is -11.8. The van der Waals surface area contributed by atoms with Gasteiger partial charge in [-0.05, 0) is 36.8 Å². The average Bonchev–Trinajstić information content (AvgIpc) is 3.38. The van der Waals surface area contributed by atoms with Gasteiger partial charge < -0.3 is 4.74 Å². The van der Waals surface area contributed by atoms with Crippen molar-refractivity contribution in [2.45, 2.75) is 32.0 Å². The molecule has 0 spiro atoms. The molecule has 0 saturated carbocycles. The van der Waals surface area contributed by atoms with Gasteiger partial charge in [-0.15, -0.1) is 11.3 Å². The maximum absolute atomic E-state index is 14.4. The Kier molecular flexibility index (Phi) is 6.75. The summed E-state index contributed by atoms with van der Waals surface area (Å²) in [5.74, 6) is -1.96. The minimum absolute atomic E-state index is 0.00580. The fourth-order valence-electron chi connectivity index (χ4n) is 3.26. The van der Waals surface area contributed by atoms with Gasteiger partial charge in [-0.1, -0.05) is 23.4 Å². The van der Waals surface area contributed by atoms with E-state index in [4.69, 9.17) is 4.74 Å². The molecule has 14 heteroatoms. The van der Waals surface area contributed by atoms with Crippen LogP contribution in [0.4, 0.5) is 30.7 Å². The molecule has 1 N–H and O–H groups in total. The van der Waals surface area contributed by atoms with E-state index in [0.717, 1.165) is 30.3 Å². The van der Waals surface area contributed by atoms with E-state index in [1.54, 1.807) is 0 Å². The lowest BCUT2D eigenvalue weighted by molar-refractivity contribution is -0.226. The number of nitrogens with one attached hydrogen (secondary N) is 1. The van der Waals surface area contributed by atoms with E-state index in [0.29, 0.717) is 11.3 Å². The van der Waals surface area contributed by atoms with Gasteiger partial charge in [0.05, 0.1) is 28.3 Å². The van der Waals surface area contributed by atoms with E-state index in [9.17, 15) is 35.5 Å². The molecule has 0 aliphatic carbocycles. The summed E-state index contributed by atoms with van der Waals surface area (Å²) >= 11 is 0.637. The lowest BCUT2D eigenvalue weighted by Gasteiger charge is -2.20. The molecule has 6 nitrogen and oxygen atoms in total. The highest BCUT2D eigenvalue weighted by molar-refractivity contribution is 7.15. The second-order valence-corrected chi connectivity index (χ2v) is 8.56. The third-order valence-electron chi connectivity index (χ3n) is 4.97. The van der Waals surface area contributed by atoms with Crippen LogP contribution >= 0.6 is 11.3 Å². The number of rotatable bonds is 6. The second kappa shape index (κ2) is 9.50. The van der Waals surface area contributed by atoms with Gasteiger partial charge in [0.2, 0.25) is 0 Å². The third kappa shape index (κ3) is 5.49. The highest BCUT2D eigenvalue weighted by Crippen LogP contribution is 2.43. The van der Waals surface area contributed by atoms with Gasteiger partial charge in [-0.25, -0.2) is 14.2 Å². The van der Waals surface area contributed by atoms with Crippen LogP contribution in [0.3, 0.4) is 0 Å². The van der Waals surface area contributed by atoms with Crippen LogP contribution in [0.5, 0.6) is 0 Å². The van der Waals surface area contributed by atoms with Crippen LogP contribution in [0.25, 0.3) is 22.0 Å². The van der Waals surface area contributed by atoms with Crippen LogP contribution in [-0.4, -0.2) is 21.3 Å². The van der Waals surface area contributed by atoms with Crippen LogP contribution < -0.4 is 5.76 Å². The Bertz CT molecular complexity index is 1420. The van der Waals surface area contributed by atoms with E-state index >= 15 is 0 Å². The zero-order valence-corrected chi connectivity index (χ0v) is 18.8. The van der Waals surface area contributed by atoms with Gasteiger partial charge in [0, 0.05) is 5.56 Å². The monoisotopic (exact) mass is 533 g/mol. The SMILES string of the molecule is Cc1nc(-c2ccc(C(F)(F)F)cc2)sc1C(OCc1ccc(-c2noc(=O)[nH]2)c(F)c1)C(F)(F)F. The Hall–Kier alpha value is -3.52. The van der Waals surface area contributed by atoms with Crippen molar-refractivity contribution < 1.29 is 40.0 Å². The molecule has 190 valence electrons. The molecule has 0 aliphatic heterocycles. The number of ether oxygens (including phenoxy) is 1. The summed E-state index contributed by atoms with van der Waals surface area (Å²) < 4.78 is 104. The quantitative estimate of drug-likeness (QED) is 0.289. The van der Waals surface area contributed by atoms with Crippen molar-refractivity contribution >= 4 is 11.3 Å². The average molecular weight is 533 g/mol. The topological polar surface area (TPSA) is 81.0 Å². The Balaban J connectivity index is 1.56. The summed E-state index contributed by atoms with van der Waals surface area (Å²) in [6.45, 7) is 0.707. The molecule has 2 aromatic carbocycles. The molecule has 0 saturated heterocycles. The van der Waals surface area contributed by atoms with Gasteiger partial charge in [0.15, 0.2) is 11.9 Å². The number of aromatic amines is 1. The van der Waals surface area contributed by atoms with E-state index in [1.807, 2.05) is 0 Å². The lowest BCUT2D eigenvalue weighted by atomic mass is 10.1. The number of alkyl halides is 6. The Morgan fingerprint density at radius 3 is 2.33 bits per heavy atom. The Labute approximate surface area is 201 Å². The van der Waals surface area contributed by atoms with Crippen LogP contribution in [0.1, 0.15) is 27.8 Å². The first-order valence-electron chi connectivity index (χ1n) is 10.0. The summed E-state index contributed by atoms with van der Waals surface area (Å²) in [5, 5.41) is 3.44. The number of hydrogen-bond acceptors (Lipinski definition) is 6. The summed E-state index contributed by atoms with van der Waals surface area (Å²) in [6, 6.07) is 7.31. The number of H-pyrrole nitrogens is 1. The normalized spacial score (nSPS) is 13.2. The van der Waals surface area contributed by atoms with E-state index in [-0.39, 0.29) is 38.1 Å². The zero-order chi connectivity index (χ0) is 26.3. The number of hydrogen-bond donors (Lipinski definition) is 1. The van der Waals surface area contributed by atoms with Crippen molar-refractivity contribution in [2.24, 2.45) is 0 Å². The summed E-state index contributed by atoms with van der Waals surface area (Å²) in [7, 11) is 0. The predicted octanol–water partition coefficient (Wildman–Crippen LogP) is 6.44. The molecule has 4 aromatic rings. The maximum Gasteiger partial charge on any atom is 0.439 e. The Morgan fingerprint density at radius 1 is 1.08 bits per heavy atom. The molecular weight excluding hydrogens is 519 g/mol. The fourth-order valence-corrected chi connectivity index (χ4v) is 4.41. The van der Waals surface area contributed by atoms with Crippen molar-refractivity contribution in [3.8, 4) is 22.0 Å². The number of thiazole rings is 1. The van der Waals surface area contributed by atoms with Crippen molar-refractivity contribution in [3.63, 3.8) is 0 Å². The van der Waals surface area contributed by atoms with Gasteiger partial charge in [0.25, 0.3) is 0 Å². The molecular formula is C22H14F7N3O3S. The van der Waals surface area contributed by atoms with Crippen molar-refractivity contribution in [3.05, 3.63) is 80.5 Å². The molecule has 0 amide bonds.